The summed E-state index contributed by atoms with van der Waals surface area (Å²) in [5.41, 5.74) is 0.145. The number of carboxylic acid groups (broad SMARTS) is 1. The molecule has 3 rings (SSSR count). The number of amides is 1. The van der Waals surface area contributed by atoms with Crippen LogP contribution in [0.4, 0.5) is 0 Å². The first kappa shape index (κ1) is 19.1. The van der Waals surface area contributed by atoms with Gasteiger partial charge in [-0.15, -0.1) is 0 Å². The minimum Gasteiger partial charge on any atom is -0.505 e. The van der Waals surface area contributed by atoms with E-state index in [0.717, 1.165) is 0 Å². The highest BCUT2D eigenvalue weighted by molar-refractivity contribution is 6.03. The molecule has 0 unspecified atom stereocenters. The highest BCUT2D eigenvalue weighted by atomic mass is 16.5. The number of methoxy groups -OCH3 is 1. The number of carbonyl (C=O) groups excluding carboxylic acids is 1. The van der Waals surface area contributed by atoms with E-state index in [1.54, 1.807) is 18.2 Å². The van der Waals surface area contributed by atoms with E-state index in [4.69, 9.17) is 14.6 Å². The van der Waals surface area contributed by atoms with Gasteiger partial charge in [0.2, 0.25) is 0 Å². The Hall–Kier alpha value is -3.65. The van der Waals surface area contributed by atoms with Crippen LogP contribution in [-0.4, -0.2) is 40.7 Å². The number of aliphatic carboxylic acids is 1. The smallest absolute Gasteiger partial charge is 0.322 e. The van der Waals surface area contributed by atoms with Gasteiger partial charge in [0.15, 0.2) is 11.4 Å². The van der Waals surface area contributed by atoms with Crippen LogP contribution < -0.4 is 10.1 Å². The third kappa shape index (κ3) is 4.18. The molecule has 0 bridgehead atoms. The maximum Gasteiger partial charge on any atom is 0.322 e. The molecule has 0 fully saturated rings. The van der Waals surface area contributed by atoms with Crippen molar-refractivity contribution < 1.29 is 29.3 Å². The lowest BCUT2D eigenvalue weighted by molar-refractivity contribution is -0.135. The van der Waals surface area contributed by atoms with Gasteiger partial charge in [0.05, 0.1) is 12.3 Å². The SMILES string of the molecule is COCc1nc(C(=O)NCC(=O)O)c(O)c2ccc(Oc3ccccc3)cc12. The van der Waals surface area contributed by atoms with E-state index < -0.39 is 18.4 Å². The lowest BCUT2D eigenvalue weighted by Gasteiger charge is -2.13. The highest BCUT2D eigenvalue weighted by Gasteiger charge is 2.20. The number of nitrogens with zero attached hydrogens (tertiary/aromatic N) is 1. The second-order valence-electron chi connectivity index (χ2n) is 5.89. The van der Waals surface area contributed by atoms with Crippen molar-refractivity contribution >= 4 is 22.6 Å². The molecule has 0 saturated carbocycles. The number of carbonyl (C=O) groups is 2. The number of aromatic hydroxyl groups is 1. The Morgan fingerprint density at radius 3 is 2.50 bits per heavy atom. The minimum absolute atomic E-state index is 0.0881. The number of pyridine rings is 1. The fourth-order valence-corrected chi connectivity index (χ4v) is 2.68. The van der Waals surface area contributed by atoms with Crippen LogP contribution in [0, 0.1) is 0 Å². The Labute approximate surface area is 160 Å². The molecule has 3 N–H and O–H groups in total. The molecule has 1 aromatic heterocycles. The summed E-state index contributed by atoms with van der Waals surface area (Å²) < 4.78 is 11.0. The number of aromatic nitrogens is 1. The molecule has 0 aliphatic rings. The maximum atomic E-state index is 12.2. The van der Waals surface area contributed by atoms with Crippen molar-refractivity contribution in [1.29, 1.82) is 0 Å². The van der Waals surface area contributed by atoms with Gasteiger partial charge < -0.3 is 25.0 Å². The van der Waals surface area contributed by atoms with Gasteiger partial charge in [0.25, 0.3) is 5.91 Å². The summed E-state index contributed by atoms with van der Waals surface area (Å²) in [5, 5.41) is 22.3. The van der Waals surface area contributed by atoms with E-state index in [0.29, 0.717) is 28.0 Å². The van der Waals surface area contributed by atoms with Gasteiger partial charge in [-0.05, 0) is 30.3 Å². The summed E-state index contributed by atoms with van der Waals surface area (Å²) in [6.45, 7) is -0.494. The van der Waals surface area contributed by atoms with Crippen molar-refractivity contribution in [3.05, 3.63) is 59.9 Å². The largest absolute Gasteiger partial charge is 0.505 e. The van der Waals surface area contributed by atoms with Crippen LogP contribution in [0.1, 0.15) is 16.2 Å². The third-order valence-electron chi connectivity index (χ3n) is 3.90. The molecule has 144 valence electrons. The van der Waals surface area contributed by atoms with Crippen molar-refractivity contribution in [3.63, 3.8) is 0 Å². The van der Waals surface area contributed by atoms with Gasteiger partial charge in [-0.2, -0.15) is 0 Å². The second-order valence-corrected chi connectivity index (χ2v) is 5.89. The van der Waals surface area contributed by atoms with E-state index in [-0.39, 0.29) is 18.1 Å². The van der Waals surface area contributed by atoms with Gasteiger partial charge in [0, 0.05) is 17.9 Å². The van der Waals surface area contributed by atoms with Crippen molar-refractivity contribution in [1.82, 2.24) is 10.3 Å². The number of fused-ring (bicyclic) bond motifs is 1. The van der Waals surface area contributed by atoms with Gasteiger partial charge in [0.1, 0.15) is 18.0 Å². The van der Waals surface area contributed by atoms with E-state index in [1.807, 2.05) is 30.3 Å². The zero-order valence-electron chi connectivity index (χ0n) is 15.0. The zero-order valence-corrected chi connectivity index (χ0v) is 15.0. The number of rotatable bonds is 7. The van der Waals surface area contributed by atoms with Gasteiger partial charge >= 0.3 is 5.97 Å². The third-order valence-corrected chi connectivity index (χ3v) is 3.90. The predicted molar refractivity (Wildman–Crippen MR) is 101 cm³/mol. The first-order chi connectivity index (χ1) is 13.5. The maximum absolute atomic E-state index is 12.2. The number of hydrogen-bond acceptors (Lipinski definition) is 6. The number of benzene rings is 2. The van der Waals surface area contributed by atoms with Crippen LogP contribution in [0.25, 0.3) is 10.8 Å². The molecule has 0 aliphatic carbocycles. The van der Waals surface area contributed by atoms with Crippen LogP contribution in [0.3, 0.4) is 0 Å². The highest BCUT2D eigenvalue weighted by Crippen LogP contribution is 2.34. The van der Waals surface area contributed by atoms with Crippen molar-refractivity contribution in [2.24, 2.45) is 0 Å². The number of para-hydroxylation sites is 1. The molecule has 1 amide bonds. The topological polar surface area (TPSA) is 118 Å². The predicted octanol–water partition coefficient (Wildman–Crippen LogP) is 2.69. The van der Waals surface area contributed by atoms with E-state index in [1.165, 1.54) is 7.11 Å². The number of carboxylic acids is 1. The van der Waals surface area contributed by atoms with Crippen LogP contribution in [0.15, 0.2) is 48.5 Å². The van der Waals surface area contributed by atoms with Crippen LogP contribution in [0.2, 0.25) is 0 Å². The zero-order chi connectivity index (χ0) is 20.1. The average molecular weight is 382 g/mol. The summed E-state index contributed by atoms with van der Waals surface area (Å²) in [6.07, 6.45) is 0. The molecule has 3 aromatic rings. The molecule has 28 heavy (non-hydrogen) atoms. The summed E-state index contributed by atoms with van der Waals surface area (Å²) in [4.78, 5) is 27.1. The van der Waals surface area contributed by atoms with E-state index in [9.17, 15) is 14.7 Å². The second kappa shape index (κ2) is 8.36. The van der Waals surface area contributed by atoms with Gasteiger partial charge in [-0.3, -0.25) is 9.59 Å². The summed E-state index contributed by atoms with van der Waals surface area (Å²) in [6, 6.07) is 14.2. The molecular formula is C20H18N2O6. The lowest BCUT2D eigenvalue weighted by Crippen LogP contribution is -2.30. The Morgan fingerprint density at radius 2 is 1.82 bits per heavy atom. The fourth-order valence-electron chi connectivity index (χ4n) is 2.68. The average Bonchev–Trinajstić information content (AvgIpc) is 2.69. The Kier molecular flexibility index (Phi) is 5.71. The normalized spacial score (nSPS) is 10.6. The molecule has 0 aliphatic heterocycles. The van der Waals surface area contributed by atoms with Crippen LogP contribution in [-0.2, 0) is 16.1 Å². The summed E-state index contributed by atoms with van der Waals surface area (Å²) >= 11 is 0. The summed E-state index contributed by atoms with van der Waals surface area (Å²) in [5.74, 6) is -1.15. The van der Waals surface area contributed by atoms with Crippen LogP contribution in [0.5, 0.6) is 17.2 Å². The van der Waals surface area contributed by atoms with Gasteiger partial charge in [-0.25, -0.2) is 4.98 Å². The Bertz CT molecular complexity index is 1020. The van der Waals surface area contributed by atoms with E-state index >= 15 is 0 Å². The Morgan fingerprint density at radius 1 is 1.07 bits per heavy atom. The molecule has 0 saturated heterocycles. The van der Waals surface area contributed by atoms with E-state index in [2.05, 4.69) is 10.3 Å². The molecule has 2 aromatic carbocycles. The standard InChI is InChI=1S/C20H18N2O6/c1-27-11-16-15-9-13(28-12-5-3-2-4-6-12)7-8-14(15)19(25)18(22-16)20(26)21-10-17(23)24/h2-9,25H,10-11H2,1H3,(H,21,26)(H,23,24). The summed E-state index contributed by atoms with van der Waals surface area (Å²) in [7, 11) is 1.48. The van der Waals surface area contributed by atoms with Crippen molar-refractivity contribution in [2.75, 3.05) is 13.7 Å². The fraction of sp³-hybridized carbons (Fsp3) is 0.150. The number of hydrogen-bond donors (Lipinski definition) is 3. The lowest BCUT2D eigenvalue weighted by atomic mass is 10.1. The van der Waals surface area contributed by atoms with Crippen molar-refractivity contribution in [2.45, 2.75) is 6.61 Å². The van der Waals surface area contributed by atoms with Crippen molar-refractivity contribution in [3.8, 4) is 17.2 Å². The van der Waals surface area contributed by atoms with Crippen LogP contribution >= 0.6 is 0 Å². The molecule has 8 nitrogen and oxygen atoms in total. The molecule has 8 heteroatoms. The Balaban J connectivity index is 2.03. The number of ether oxygens (including phenoxy) is 2. The molecule has 0 radical (unpaired) electrons. The first-order valence-electron chi connectivity index (χ1n) is 8.37. The molecule has 0 spiro atoms. The number of nitrogens with one attached hydrogen (secondary N) is 1. The molecule has 1 heterocycles. The first-order valence-corrected chi connectivity index (χ1v) is 8.37. The monoisotopic (exact) mass is 382 g/mol. The molecular weight excluding hydrogens is 364 g/mol. The molecule has 0 atom stereocenters. The van der Waals surface area contributed by atoms with Gasteiger partial charge in [-0.1, -0.05) is 18.2 Å². The minimum atomic E-state index is -1.20. The quantitative estimate of drug-likeness (QED) is 0.575.